The SMILES string of the molecule is CC[C@]12CC[C@@H]3c4ccc(O)cc4CC[C@@H]3[C@@H]1C[C@@H](O)[C@@H]2O. The zero-order valence-corrected chi connectivity index (χ0v) is 13.2. The normalized spacial score (nSPS) is 43.3. The van der Waals surface area contributed by atoms with Gasteiger partial charge in [-0.05, 0) is 79.5 Å². The minimum absolute atomic E-state index is 0.0744. The molecule has 2 saturated carbocycles. The summed E-state index contributed by atoms with van der Waals surface area (Å²) in [6, 6.07) is 5.83. The van der Waals surface area contributed by atoms with Crippen molar-refractivity contribution >= 4 is 0 Å². The monoisotopic (exact) mass is 302 g/mol. The van der Waals surface area contributed by atoms with E-state index in [2.05, 4.69) is 13.0 Å². The first-order chi connectivity index (χ1) is 10.6. The molecule has 1 aromatic carbocycles. The molecule has 0 aliphatic heterocycles. The van der Waals surface area contributed by atoms with Gasteiger partial charge in [0, 0.05) is 5.41 Å². The van der Waals surface area contributed by atoms with Crippen molar-refractivity contribution < 1.29 is 15.3 Å². The maximum absolute atomic E-state index is 10.6. The smallest absolute Gasteiger partial charge is 0.115 e. The van der Waals surface area contributed by atoms with Crippen LogP contribution in [-0.4, -0.2) is 27.5 Å². The summed E-state index contributed by atoms with van der Waals surface area (Å²) >= 11 is 0. The molecule has 0 unspecified atom stereocenters. The summed E-state index contributed by atoms with van der Waals surface area (Å²) in [6.07, 6.45) is 4.84. The molecule has 0 heterocycles. The molecular formula is C19H26O3. The average molecular weight is 302 g/mol. The Balaban J connectivity index is 1.72. The van der Waals surface area contributed by atoms with E-state index in [1.54, 1.807) is 6.07 Å². The number of aliphatic hydroxyl groups excluding tert-OH is 2. The van der Waals surface area contributed by atoms with E-state index < -0.39 is 12.2 Å². The first-order valence-corrected chi connectivity index (χ1v) is 8.74. The van der Waals surface area contributed by atoms with Gasteiger partial charge in [0.05, 0.1) is 12.2 Å². The molecule has 120 valence electrons. The lowest BCUT2D eigenvalue weighted by molar-refractivity contribution is -0.0641. The molecule has 0 saturated heterocycles. The zero-order chi connectivity index (χ0) is 15.5. The van der Waals surface area contributed by atoms with Gasteiger partial charge in [-0.25, -0.2) is 0 Å². The number of phenols is 1. The summed E-state index contributed by atoms with van der Waals surface area (Å²) in [5.74, 6) is 1.90. The number of hydrogen-bond donors (Lipinski definition) is 3. The van der Waals surface area contributed by atoms with E-state index in [9.17, 15) is 15.3 Å². The first kappa shape index (κ1) is 14.5. The van der Waals surface area contributed by atoms with Gasteiger partial charge in [0.1, 0.15) is 5.75 Å². The summed E-state index contributed by atoms with van der Waals surface area (Å²) in [4.78, 5) is 0. The standard InChI is InChI=1S/C19H26O3/c1-2-19-8-7-14-13-6-4-12(20)9-11(13)3-5-15(14)16(19)10-17(21)18(19)22/h4,6,9,14-18,20-22H,2-3,5,7-8,10H2,1H3/t14-,15+,16+,17-,18+,19+/m1/s1. The van der Waals surface area contributed by atoms with Gasteiger partial charge in [0.25, 0.3) is 0 Å². The largest absolute Gasteiger partial charge is 0.508 e. The molecule has 3 nitrogen and oxygen atoms in total. The van der Waals surface area contributed by atoms with Crippen LogP contribution < -0.4 is 0 Å². The van der Waals surface area contributed by atoms with E-state index in [-0.39, 0.29) is 5.41 Å². The molecule has 4 rings (SSSR count). The van der Waals surface area contributed by atoms with Crippen molar-refractivity contribution in [1.82, 2.24) is 0 Å². The fourth-order valence-corrected chi connectivity index (χ4v) is 6.01. The predicted octanol–water partition coefficient (Wildman–Crippen LogP) is 2.97. The minimum atomic E-state index is -0.551. The second-order valence-corrected chi connectivity index (χ2v) is 7.67. The molecular weight excluding hydrogens is 276 g/mol. The molecule has 1 aromatic rings. The maximum atomic E-state index is 10.6. The lowest BCUT2D eigenvalue weighted by atomic mass is 9.54. The van der Waals surface area contributed by atoms with Gasteiger partial charge in [0.15, 0.2) is 0 Å². The number of benzene rings is 1. The van der Waals surface area contributed by atoms with Crippen LogP contribution in [0.3, 0.4) is 0 Å². The number of fused-ring (bicyclic) bond motifs is 5. The molecule has 6 atom stereocenters. The maximum Gasteiger partial charge on any atom is 0.115 e. The molecule has 2 fully saturated rings. The highest BCUT2D eigenvalue weighted by molar-refractivity contribution is 5.40. The highest BCUT2D eigenvalue weighted by atomic mass is 16.3. The van der Waals surface area contributed by atoms with Gasteiger partial charge in [-0.3, -0.25) is 0 Å². The molecule has 0 bridgehead atoms. The van der Waals surface area contributed by atoms with Crippen LogP contribution in [0, 0.1) is 17.3 Å². The second-order valence-electron chi connectivity index (χ2n) is 7.67. The Hall–Kier alpha value is -1.06. The van der Waals surface area contributed by atoms with Crippen LogP contribution in [0.5, 0.6) is 5.75 Å². The van der Waals surface area contributed by atoms with Crippen LogP contribution in [0.15, 0.2) is 18.2 Å². The van der Waals surface area contributed by atoms with Crippen molar-refractivity contribution in [3.63, 3.8) is 0 Å². The summed E-state index contributed by atoms with van der Waals surface area (Å²) in [5.41, 5.74) is 2.62. The van der Waals surface area contributed by atoms with Crippen molar-refractivity contribution in [2.24, 2.45) is 17.3 Å². The van der Waals surface area contributed by atoms with E-state index in [1.165, 1.54) is 11.1 Å². The summed E-state index contributed by atoms with van der Waals surface area (Å²) in [5, 5.41) is 30.6. The van der Waals surface area contributed by atoms with Crippen LogP contribution in [0.4, 0.5) is 0 Å². The van der Waals surface area contributed by atoms with Gasteiger partial charge in [-0.15, -0.1) is 0 Å². The molecule has 3 aliphatic carbocycles. The minimum Gasteiger partial charge on any atom is -0.508 e. The van der Waals surface area contributed by atoms with Crippen molar-refractivity contribution in [1.29, 1.82) is 0 Å². The highest BCUT2D eigenvalue weighted by Crippen LogP contribution is 2.62. The summed E-state index contributed by atoms with van der Waals surface area (Å²) < 4.78 is 0. The number of aryl methyl sites for hydroxylation is 1. The van der Waals surface area contributed by atoms with Crippen LogP contribution in [0.2, 0.25) is 0 Å². The van der Waals surface area contributed by atoms with Crippen LogP contribution in [0.1, 0.15) is 56.1 Å². The number of aromatic hydroxyl groups is 1. The molecule has 3 aliphatic rings. The van der Waals surface area contributed by atoms with E-state index in [0.29, 0.717) is 23.5 Å². The Morgan fingerprint density at radius 1 is 1.23 bits per heavy atom. The number of rotatable bonds is 1. The third-order valence-electron chi connectivity index (χ3n) is 7.07. The fraction of sp³-hybridized carbons (Fsp3) is 0.684. The fourth-order valence-electron chi connectivity index (χ4n) is 6.01. The van der Waals surface area contributed by atoms with Crippen LogP contribution in [0.25, 0.3) is 0 Å². The molecule has 22 heavy (non-hydrogen) atoms. The molecule has 0 spiro atoms. The van der Waals surface area contributed by atoms with E-state index in [0.717, 1.165) is 38.5 Å². The average Bonchev–Trinajstić information content (AvgIpc) is 2.79. The Morgan fingerprint density at radius 2 is 2.05 bits per heavy atom. The highest BCUT2D eigenvalue weighted by Gasteiger charge is 2.59. The van der Waals surface area contributed by atoms with Gasteiger partial charge in [-0.1, -0.05) is 13.0 Å². The van der Waals surface area contributed by atoms with Crippen molar-refractivity contribution in [2.45, 2.75) is 63.6 Å². The first-order valence-electron chi connectivity index (χ1n) is 8.74. The Bertz CT molecular complexity index is 584. The van der Waals surface area contributed by atoms with Gasteiger partial charge >= 0.3 is 0 Å². The van der Waals surface area contributed by atoms with Gasteiger partial charge in [0.2, 0.25) is 0 Å². The Labute approximate surface area is 132 Å². The van der Waals surface area contributed by atoms with E-state index in [4.69, 9.17) is 0 Å². The quantitative estimate of drug-likeness (QED) is 0.747. The van der Waals surface area contributed by atoms with Gasteiger partial charge in [-0.2, -0.15) is 0 Å². The molecule has 0 radical (unpaired) electrons. The van der Waals surface area contributed by atoms with Gasteiger partial charge < -0.3 is 15.3 Å². The number of aliphatic hydroxyl groups is 2. The molecule has 3 heteroatoms. The Morgan fingerprint density at radius 3 is 2.82 bits per heavy atom. The van der Waals surface area contributed by atoms with Crippen LogP contribution in [-0.2, 0) is 6.42 Å². The van der Waals surface area contributed by atoms with Crippen molar-refractivity contribution in [3.05, 3.63) is 29.3 Å². The molecule has 0 amide bonds. The van der Waals surface area contributed by atoms with Crippen molar-refractivity contribution in [3.8, 4) is 5.75 Å². The second kappa shape index (κ2) is 4.97. The third kappa shape index (κ3) is 1.82. The molecule has 0 aromatic heterocycles. The molecule has 3 N–H and O–H groups in total. The zero-order valence-electron chi connectivity index (χ0n) is 13.2. The number of phenolic OH excluding ortho intramolecular Hbond substituents is 1. The van der Waals surface area contributed by atoms with E-state index >= 15 is 0 Å². The van der Waals surface area contributed by atoms with Crippen molar-refractivity contribution in [2.75, 3.05) is 0 Å². The summed E-state index contributed by atoms with van der Waals surface area (Å²) in [6.45, 7) is 2.17. The summed E-state index contributed by atoms with van der Waals surface area (Å²) in [7, 11) is 0. The third-order valence-corrected chi connectivity index (χ3v) is 7.07. The number of hydrogen-bond acceptors (Lipinski definition) is 3. The van der Waals surface area contributed by atoms with Crippen LogP contribution >= 0.6 is 0 Å². The topological polar surface area (TPSA) is 60.7 Å². The predicted molar refractivity (Wildman–Crippen MR) is 84.7 cm³/mol. The Kier molecular flexibility index (Phi) is 3.28. The lowest BCUT2D eigenvalue weighted by Gasteiger charge is -2.51. The lowest BCUT2D eigenvalue weighted by Crippen LogP contribution is -2.46. The van der Waals surface area contributed by atoms with E-state index in [1.807, 2.05) is 6.07 Å².